The lowest BCUT2D eigenvalue weighted by molar-refractivity contribution is 0.207. The molecule has 2 aromatic carbocycles. The number of nitrogens with one attached hydrogen (secondary N) is 1. The van der Waals surface area contributed by atoms with Crippen molar-refractivity contribution in [2.75, 3.05) is 19.0 Å². The van der Waals surface area contributed by atoms with E-state index in [0.717, 1.165) is 35.7 Å². The Morgan fingerprint density at radius 1 is 1.19 bits per heavy atom. The van der Waals surface area contributed by atoms with Gasteiger partial charge in [0.25, 0.3) is 0 Å². The summed E-state index contributed by atoms with van der Waals surface area (Å²) in [5, 5.41) is 6.04. The van der Waals surface area contributed by atoms with Crippen molar-refractivity contribution in [2.24, 2.45) is 0 Å². The van der Waals surface area contributed by atoms with Crippen molar-refractivity contribution in [1.82, 2.24) is 9.88 Å². The Balaban J connectivity index is 1.52. The lowest BCUT2D eigenvalue weighted by Gasteiger charge is -2.24. The number of likely N-dealkylation sites (tertiary alicyclic amines) is 1. The maximum Gasteiger partial charge on any atom is 0.322 e. The summed E-state index contributed by atoms with van der Waals surface area (Å²) < 4.78 is 5.33. The molecule has 1 N–H and O–H groups in total. The molecule has 1 aromatic heterocycles. The molecule has 138 valence electrons. The molecule has 6 heteroatoms. The number of thiazole rings is 1. The molecule has 0 unspecified atom stereocenters. The molecule has 1 saturated heterocycles. The zero-order valence-corrected chi connectivity index (χ0v) is 15.9. The van der Waals surface area contributed by atoms with Crippen molar-refractivity contribution in [1.29, 1.82) is 0 Å². The van der Waals surface area contributed by atoms with Crippen molar-refractivity contribution in [3.8, 4) is 17.0 Å². The van der Waals surface area contributed by atoms with E-state index in [0.29, 0.717) is 11.4 Å². The summed E-state index contributed by atoms with van der Waals surface area (Å²) in [6.07, 6.45) is 1.91. The molecular weight excluding hydrogens is 358 g/mol. The van der Waals surface area contributed by atoms with Gasteiger partial charge in [0.05, 0.1) is 24.5 Å². The molecule has 2 heterocycles. The lowest BCUT2D eigenvalue weighted by Crippen LogP contribution is -2.34. The molecule has 0 radical (unpaired) electrons. The minimum absolute atomic E-state index is 0.0159. The number of urea groups is 1. The average Bonchev–Trinajstić information content (AvgIpc) is 3.38. The summed E-state index contributed by atoms with van der Waals surface area (Å²) in [6, 6.07) is 17.5. The van der Waals surface area contributed by atoms with Crippen LogP contribution in [0.2, 0.25) is 0 Å². The fourth-order valence-corrected chi connectivity index (χ4v) is 4.36. The molecule has 1 aliphatic rings. The molecule has 0 saturated carbocycles. The van der Waals surface area contributed by atoms with Crippen molar-refractivity contribution in [2.45, 2.75) is 18.9 Å². The Morgan fingerprint density at radius 2 is 1.96 bits per heavy atom. The second-order valence-corrected chi connectivity index (χ2v) is 7.31. The maximum atomic E-state index is 12.9. The summed E-state index contributed by atoms with van der Waals surface area (Å²) in [6.45, 7) is 0.728. The van der Waals surface area contributed by atoms with Gasteiger partial charge in [0.1, 0.15) is 10.8 Å². The van der Waals surface area contributed by atoms with Gasteiger partial charge in [0.2, 0.25) is 0 Å². The van der Waals surface area contributed by atoms with Crippen LogP contribution in [-0.2, 0) is 0 Å². The van der Waals surface area contributed by atoms with Crippen LogP contribution in [0.3, 0.4) is 0 Å². The first-order valence-electron chi connectivity index (χ1n) is 8.98. The molecule has 0 aliphatic carbocycles. The van der Waals surface area contributed by atoms with E-state index in [9.17, 15) is 4.79 Å². The first kappa shape index (κ1) is 17.5. The van der Waals surface area contributed by atoms with Crippen LogP contribution in [0.5, 0.6) is 5.75 Å². The molecule has 27 heavy (non-hydrogen) atoms. The van der Waals surface area contributed by atoms with Crippen LogP contribution in [0.15, 0.2) is 60.0 Å². The number of rotatable bonds is 4. The Hall–Kier alpha value is -2.86. The number of benzene rings is 2. The zero-order chi connectivity index (χ0) is 18.6. The largest absolute Gasteiger partial charge is 0.495 e. The predicted octanol–water partition coefficient (Wildman–Crippen LogP) is 5.19. The Labute approximate surface area is 162 Å². The first-order valence-corrected chi connectivity index (χ1v) is 9.85. The van der Waals surface area contributed by atoms with Gasteiger partial charge in [-0.25, -0.2) is 9.78 Å². The lowest BCUT2D eigenvalue weighted by atomic mass is 10.2. The number of carbonyl (C=O) groups excluding carboxylic acids is 1. The van der Waals surface area contributed by atoms with E-state index in [2.05, 4.69) is 22.8 Å². The molecule has 0 spiro atoms. The van der Waals surface area contributed by atoms with E-state index in [1.807, 2.05) is 47.4 Å². The molecule has 2 amide bonds. The van der Waals surface area contributed by atoms with Crippen molar-refractivity contribution >= 4 is 23.1 Å². The van der Waals surface area contributed by atoms with Gasteiger partial charge in [-0.05, 0) is 25.0 Å². The third-order valence-corrected chi connectivity index (χ3v) is 5.68. The molecule has 4 rings (SSSR count). The Bertz CT molecular complexity index is 926. The van der Waals surface area contributed by atoms with Gasteiger partial charge < -0.3 is 15.0 Å². The summed E-state index contributed by atoms with van der Waals surface area (Å²) in [7, 11) is 1.60. The third-order valence-electron chi connectivity index (χ3n) is 4.74. The number of methoxy groups -OCH3 is 1. The van der Waals surface area contributed by atoms with Crippen LogP contribution < -0.4 is 10.1 Å². The van der Waals surface area contributed by atoms with E-state index in [1.165, 1.54) is 0 Å². The van der Waals surface area contributed by atoms with Crippen molar-refractivity contribution in [3.05, 3.63) is 65.0 Å². The molecule has 5 nitrogen and oxygen atoms in total. The number of carbonyl (C=O) groups is 1. The molecule has 1 aliphatic heterocycles. The summed E-state index contributed by atoms with van der Waals surface area (Å²) in [5.41, 5.74) is 2.75. The smallest absolute Gasteiger partial charge is 0.322 e. The summed E-state index contributed by atoms with van der Waals surface area (Å²) in [5.74, 6) is 0.655. The van der Waals surface area contributed by atoms with Crippen LogP contribution in [0.25, 0.3) is 11.3 Å². The number of para-hydroxylation sites is 2. The van der Waals surface area contributed by atoms with Gasteiger partial charge in [-0.2, -0.15) is 0 Å². The van der Waals surface area contributed by atoms with Crippen LogP contribution >= 0.6 is 11.3 Å². The van der Waals surface area contributed by atoms with Gasteiger partial charge in [-0.15, -0.1) is 11.3 Å². The van der Waals surface area contributed by atoms with Gasteiger partial charge >= 0.3 is 6.03 Å². The zero-order valence-electron chi connectivity index (χ0n) is 15.1. The van der Waals surface area contributed by atoms with Gasteiger partial charge in [-0.3, -0.25) is 0 Å². The highest BCUT2D eigenvalue weighted by Gasteiger charge is 2.32. The number of ether oxygens (including phenoxy) is 1. The van der Waals surface area contributed by atoms with Crippen LogP contribution in [-0.4, -0.2) is 29.6 Å². The minimum atomic E-state index is -0.113. The highest BCUT2D eigenvalue weighted by molar-refractivity contribution is 7.10. The van der Waals surface area contributed by atoms with E-state index in [1.54, 1.807) is 18.4 Å². The molecule has 1 fully saturated rings. The van der Waals surface area contributed by atoms with Gasteiger partial charge in [0.15, 0.2) is 0 Å². The second kappa shape index (κ2) is 7.80. The predicted molar refractivity (Wildman–Crippen MR) is 108 cm³/mol. The monoisotopic (exact) mass is 379 g/mol. The van der Waals surface area contributed by atoms with Crippen molar-refractivity contribution < 1.29 is 9.53 Å². The van der Waals surface area contributed by atoms with Gasteiger partial charge in [0, 0.05) is 17.5 Å². The number of amides is 2. The van der Waals surface area contributed by atoms with E-state index in [-0.39, 0.29) is 12.1 Å². The normalized spacial score (nSPS) is 16.3. The summed E-state index contributed by atoms with van der Waals surface area (Å²) in [4.78, 5) is 19.6. The molecular formula is C21H21N3O2S. The van der Waals surface area contributed by atoms with E-state index in [4.69, 9.17) is 9.72 Å². The number of hydrogen-bond donors (Lipinski definition) is 1. The second-order valence-electron chi connectivity index (χ2n) is 6.42. The highest BCUT2D eigenvalue weighted by Crippen LogP contribution is 2.36. The van der Waals surface area contributed by atoms with Crippen LogP contribution in [0.4, 0.5) is 10.5 Å². The van der Waals surface area contributed by atoms with Crippen LogP contribution in [0, 0.1) is 0 Å². The summed E-state index contributed by atoms with van der Waals surface area (Å²) >= 11 is 1.62. The highest BCUT2D eigenvalue weighted by atomic mass is 32.1. The molecule has 0 bridgehead atoms. The first-order chi connectivity index (χ1) is 13.3. The number of hydrogen-bond acceptors (Lipinski definition) is 4. The fraction of sp³-hybridized carbons (Fsp3) is 0.238. The molecule has 1 atom stereocenters. The quantitative estimate of drug-likeness (QED) is 0.679. The topological polar surface area (TPSA) is 54.5 Å². The maximum absolute atomic E-state index is 12.9. The number of nitrogens with zero attached hydrogens (tertiary/aromatic N) is 2. The SMILES string of the molecule is COc1ccccc1NC(=O)N1CCC[C@H]1c1nc(-c2ccccc2)cs1. The van der Waals surface area contributed by atoms with E-state index < -0.39 is 0 Å². The number of anilines is 1. The minimum Gasteiger partial charge on any atom is -0.495 e. The Morgan fingerprint density at radius 3 is 2.78 bits per heavy atom. The Kier molecular flexibility index (Phi) is 5.07. The standard InChI is InChI=1S/C21H21N3O2S/c1-26-19-12-6-5-10-16(19)23-21(25)24-13-7-11-18(24)20-22-17(14-27-20)15-8-3-2-4-9-15/h2-6,8-10,12,14,18H,7,11,13H2,1H3,(H,23,25)/t18-/m0/s1. The molecule has 3 aromatic rings. The fourth-order valence-electron chi connectivity index (χ4n) is 3.38. The van der Waals surface area contributed by atoms with Gasteiger partial charge in [-0.1, -0.05) is 42.5 Å². The number of aromatic nitrogens is 1. The third kappa shape index (κ3) is 3.66. The van der Waals surface area contributed by atoms with Crippen LogP contribution in [0.1, 0.15) is 23.9 Å². The van der Waals surface area contributed by atoms with Crippen molar-refractivity contribution in [3.63, 3.8) is 0 Å². The average molecular weight is 379 g/mol. The van der Waals surface area contributed by atoms with E-state index >= 15 is 0 Å².